The van der Waals surface area contributed by atoms with Crippen molar-refractivity contribution in [2.75, 3.05) is 26.1 Å². The number of aromatic nitrogens is 1. The number of thiazole rings is 1. The fourth-order valence-electron chi connectivity index (χ4n) is 2.47. The Bertz CT molecular complexity index is 984. The number of carbonyl (C=O) groups excluding carboxylic acids is 1. The third-order valence-corrected chi connectivity index (χ3v) is 4.73. The van der Waals surface area contributed by atoms with Crippen molar-refractivity contribution in [3.8, 4) is 27.8 Å². The molecule has 2 aromatic carbocycles. The molecule has 1 amide bonds. The first-order valence-electron chi connectivity index (χ1n) is 8.47. The summed E-state index contributed by atoms with van der Waals surface area (Å²) in [5.41, 5.74) is 1.76. The molecule has 1 N–H and O–H groups in total. The summed E-state index contributed by atoms with van der Waals surface area (Å²) in [6.45, 7) is 4.07. The molecule has 7 heteroatoms. The van der Waals surface area contributed by atoms with Crippen LogP contribution in [0.3, 0.4) is 0 Å². The Morgan fingerprint density at radius 1 is 1.18 bits per heavy atom. The highest BCUT2D eigenvalue weighted by molar-refractivity contribution is 7.13. The van der Waals surface area contributed by atoms with Crippen LogP contribution in [0.25, 0.3) is 10.6 Å². The van der Waals surface area contributed by atoms with Crippen LogP contribution in [0.4, 0.5) is 5.69 Å². The quantitative estimate of drug-likeness (QED) is 0.562. The number of nitrogens with zero attached hydrogens (tertiary/aromatic N) is 1. The number of rotatable bonds is 8. The van der Waals surface area contributed by atoms with Gasteiger partial charge >= 0.3 is 0 Å². The zero-order valence-electron chi connectivity index (χ0n) is 15.6. The van der Waals surface area contributed by atoms with Crippen molar-refractivity contribution < 1.29 is 19.0 Å². The summed E-state index contributed by atoms with van der Waals surface area (Å²) in [5, 5.41) is 5.27. The van der Waals surface area contributed by atoms with Gasteiger partial charge in [-0.05, 0) is 24.3 Å². The molecule has 0 aliphatic heterocycles. The zero-order valence-corrected chi connectivity index (χ0v) is 16.4. The summed E-state index contributed by atoms with van der Waals surface area (Å²) < 4.78 is 16.0. The number of nitrogens with one attached hydrogen (secondary N) is 1. The van der Waals surface area contributed by atoms with Crippen LogP contribution in [-0.2, 0) is 0 Å². The summed E-state index contributed by atoms with van der Waals surface area (Å²) in [6, 6.07) is 12.7. The monoisotopic (exact) mass is 396 g/mol. The summed E-state index contributed by atoms with van der Waals surface area (Å²) in [7, 11) is 3.11. The van der Waals surface area contributed by atoms with Crippen LogP contribution in [-0.4, -0.2) is 31.7 Å². The molecule has 0 aliphatic carbocycles. The van der Waals surface area contributed by atoms with Crippen molar-refractivity contribution in [1.82, 2.24) is 4.98 Å². The Kier molecular flexibility index (Phi) is 6.29. The maximum Gasteiger partial charge on any atom is 0.275 e. The average molecular weight is 396 g/mol. The van der Waals surface area contributed by atoms with E-state index in [1.54, 1.807) is 36.8 Å². The van der Waals surface area contributed by atoms with Crippen LogP contribution in [0, 0.1) is 0 Å². The number of hydrogen-bond donors (Lipinski definition) is 1. The van der Waals surface area contributed by atoms with Crippen LogP contribution in [0.1, 0.15) is 10.5 Å². The van der Waals surface area contributed by atoms with Gasteiger partial charge in [-0.2, -0.15) is 0 Å². The molecule has 28 heavy (non-hydrogen) atoms. The minimum Gasteiger partial charge on any atom is -0.497 e. The number of methoxy groups -OCH3 is 2. The van der Waals surface area contributed by atoms with Crippen molar-refractivity contribution >= 4 is 22.9 Å². The van der Waals surface area contributed by atoms with Crippen molar-refractivity contribution in [2.45, 2.75) is 0 Å². The van der Waals surface area contributed by atoms with Gasteiger partial charge in [-0.15, -0.1) is 11.3 Å². The second kappa shape index (κ2) is 9.05. The van der Waals surface area contributed by atoms with Crippen LogP contribution in [0.15, 0.2) is 60.5 Å². The molecule has 0 aliphatic rings. The van der Waals surface area contributed by atoms with E-state index in [4.69, 9.17) is 14.2 Å². The highest BCUT2D eigenvalue weighted by Gasteiger charge is 2.15. The number of anilines is 1. The van der Waals surface area contributed by atoms with Crippen LogP contribution >= 0.6 is 11.3 Å². The highest BCUT2D eigenvalue weighted by atomic mass is 32.1. The lowest BCUT2D eigenvalue weighted by atomic mass is 10.2. The van der Waals surface area contributed by atoms with Gasteiger partial charge in [-0.3, -0.25) is 4.79 Å². The van der Waals surface area contributed by atoms with E-state index < -0.39 is 0 Å². The van der Waals surface area contributed by atoms with Gasteiger partial charge in [-0.25, -0.2) is 4.98 Å². The molecule has 0 saturated heterocycles. The molecular weight excluding hydrogens is 376 g/mol. The molecule has 0 saturated carbocycles. The largest absolute Gasteiger partial charge is 0.497 e. The molecule has 0 spiro atoms. The van der Waals surface area contributed by atoms with Gasteiger partial charge in [0.2, 0.25) is 0 Å². The van der Waals surface area contributed by atoms with Gasteiger partial charge in [0.15, 0.2) is 0 Å². The van der Waals surface area contributed by atoms with Gasteiger partial charge in [0, 0.05) is 17.0 Å². The van der Waals surface area contributed by atoms with Crippen molar-refractivity contribution in [2.24, 2.45) is 0 Å². The summed E-state index contributed by atoms with van der Waals surface area (Å²) >= 11 is 1.39. The second-order valence-corrected chi connectivity index (χ2v) is 6.54. The van der Waals surface area contributed by atoms with Gasteiger partial charge in [0.1, 0.15) is 34.6 Å². The van der Waals surface area contributed by atoms with E-state index >= 15 is 0 Å². The summed E-state index contributed by atoms with van der Waals surface area (Å²) in [5.74, 6) is 1.56. The molecule has 1 heterocycles. The van der Waals surface area contributed by atoms with Gasteiger partial charge < -0.3 is 19.5 Å². The number of benzene rings is 2. The van der Waals surface area contributed by atoms with E-state index in [1.165, 1.54) is 18.4 Å². The number of ether oxygens (including phenoxy) is 3. The lowest BCUT2D eigenvalue weighted by Gasteiger charge is -2.10. The predicted octanol–water partition coefficient (Wildman–Crippen LogP) is 4.64. The molecule has 0 unspecified atom stereocenters. The Hall–Kier alpha value is -3.32. The normalized spacial score (nSPS) is 10.2. The highest BCUT2D eigenvalue weighted by Crippen LogP contribution is 2.30. The smallest absolute Gasteiger partial charge is 0.275 e. The topological polar surface area (TPSA) is 69.7 Å². The van der Waals surface area contributed by atoms with Crippen molar-refractivity contribution in [3.05, 3.63) is 66.2 Å². The van der Waals surface area contributed by atoms with E-state index in [9.17, 15) is 4.79 Å². The first-order valence-corrected chi connectivity index (χ1v) is 9.35. The molecule has 0 fully saturated rings. The molecule has 144 valence electrons. The molecular formula is C21H20N2O4S. The lowest BCUT2D eigenvalue weighted by Crippen LogP contribution is -2.13. The number of hydrogen-bond acceptors (Lipinski definition) is 6. The van der Waals surface area contributed by atoms with Crippen LogP contribution < -0.4 is 19.5 Å². The third kappa shape index (κ3) is 4.50. The molecule has 0 bridgehead atoms. The average Bonchev–Trinajstić information content (AvgIpc) is 3.23. The van der Waals surface area contributed by atoms with E-state index in [0.29, 0.717) is 29.5 Å². The van der Waals surface area contributed by atoms with E-state index in [0.717, 1.165) is 16.3 Å². The van der Waals surface area contributed by atoms with E-state index in [-0.39, 0.29) is 5.91 Å². The minimum absolute atomic E-state index is 0.315. The second-order valence-electron chi connectivity index (χ2n) is 5.69. The predicted molar refractivity (Wildman–Crippen MR) is 111 cm³/mol. The van der Waals surface area contributed by atoms with E-state index in [1.807, 2.05) is 24.3 Å². The van der Waals surface area contributed by atoms with Crippen molar-refractivity contribution in [1.29, 1.82) is 0 Å². The van der Waals surface area contributed by atoms with E-state index in [2.05, 4.69) is 16.9 Å². The molecule has 3 rings (SSSR count). The Labute approximate surface area is 167 Å². The van der Waals surface area contributed by atoms with Gasteiger partial charge in [-0.1, -0.05) is 24.8 Å². The Balaban J connectivity index is 1.77. The first kappa shape index (κ1) is 19.4. The molecule has 0 atom stereocenters. The van der Waals surface area contributed by atoms with Gasteiger partial charge in [0.25, 0.3) is 5.91 Å². The fourth-order valence-corrected chi connectivity index (χ4v) is 3.27. The minimum atomic E-state index is -0.315. The van der Waals surface area contributed by atoms with Crippen molar-refractivity contribution in [3.63, 3.8) is 0 Å². The molecule has 0 radical (unpaired) electrons. The number of amides is 1. The summed E-state index contributed by atoms with van der Waals surface area (Å²) in [4.78, 5) is 17.1. The lowest BCUT2D eigenvalue weighted by molar-refractivity contribution is 0.102. The zero-order chi connectivity index (χ0) is 19.9. The number of carbonyl (C=O) groups is 1. The summed E-state index contributed by atoms with van der Waals surface area (Å²) in [6.07, 6.45) is 1.69. The van der Waals surface area contributed by atoms with Gasteiger partial charge in [0.05, 0.1) is 19.9 Å². The fraction of sp³-hybridized carbons (Fsp3) is 0.143. The first-order chi connectivity index (χ1) is 13.6. The third-order valence-electron chi connectivity index (χ3n) is 3.84. The Morgan fingerprint density at radius 2 is 2.04 bits per heavy atom. The SMILES string of the molecule is C=CCOc1cccc(-c2nc(C(=O)Nc3ccc(OC)cc3OC)cs2)c1. The molecule has 1 aromatic heterocycles. The Morgan fingerprint density at radius 3 is 2.79 bits per heavy atom. The molecule has 3 aromatic rings. The van der Waals surface area contributed by atoms with Crippen LogP contribution in [0.2, 0.25) is 0 Å². The van der Waals surface area contributed by atoms with Crippen LogP contribution in [0.5, 0.6) is 17.2 Å². The molecule has 6 nitrogen and oxygen atoms in total. The standard InChI is InChI=1S/C21H20N2O4S/c1-4-10-27-16-7-5-6-14(11-16)21-23-18(13-28-21)20(24)22-17-9-8-15(25-2)12-19(17)26-3/h4-9,11-13H,1,10H2,2-3H3,(H,22,24). The maximum absolute atomic E-state index is 12.6. The maximum atomic E-state index is 12.6.